The smallest absolute Gasteiger partial charge is 0.374 e. The van der Waals surface area contributed by atoms with E-state index in [0.717, 1.165) is 68.9 Å². The molecule has 0 unspecified atom stereocenters. The summed E-state index contributed by atoms with van der Waals surface area (Å²) >= 11 is 3.46. The molecule has 0 spiro atoms. The van der Waals surface area contributed by atoms with E-state index in [-0.39, 0.29) is 0 Å². The van der Waals surface area contributed by atoms with E-state index in [2.05, 4.69) is 100.0 Å². The van der Waals surface area contributed by atoms with E-state index in [1.165, 1.54) is 9.75 Å². The molecule has 4 aromatic carbocycles. The van der Waals surface area contributed by atoms with E-state index in [9.17, 15) is 0 Å². The van der Waals surface area contributed by atoms with Crippen LogP contribution in [0.2, 0.25) is 0 Å². The highest BCUT2D eigenvalue weighted by Gasteiger charge is 2.28. The minimum Gasteiger partial charge on any atom is -0.492 e. The highest BCUT2D eigenvalue weighted by atomic mass is 32.1. The highest BCUT2D eigenvalue weighted by Crippen LogP contribution is 2.42. The Morgan fingerprint density at radius 1 is 0.745 bits per heavy atom. The topological polar surface area (TPSA) is 48.0 Å². The first-order valence-electron chi connectivity index (χ1n) is 17.1. The molecule has 0 saturated carbocycles. The molecule has 0 amide bonds. The Morgan fingerprint density at radius 3 is 2.08 bits per heavy atom. The van der Waals surface area contributed by atoms with E-state index in [0.29, 0.717) is 26.3 Å². The second-order valence-corrected chi connectivity index (χ2v) is 13.9. The van der Waals surface area contributed by atoms with Crippen molar-refractivity contribution in [1.82, 2.24) is 0 Å². The number of rotatable bonds is 13. The summed E-state index contributed by atoms with van der Waals surface area (Å²) in [6.45, 7) is 4.38. The predicted octanol–water partition coefficient (Wildman–Crippen LogP) is 10.9. The molecule has 0 radical (unpaired) electrons. The Balaban J connectivity index is 1.13. The third kappa shape index (κ3) is 7.33. The summed E-state index contributed by atoms with van der Waals surface area (Å²) in [4.78, 5) is 4.66. The lowest BCUT2D eigenvalue weighted by molar-refractivity contribution is -0.678. The van der Waals surface area contributed by atoms with Gasteiger partial charge in [-0.05, 0) is 101 Å². The number of hydrogen-bond donors (Lipinski definition) is 0. The van der Waals surface area contributed by atoms with Gasteiger partial charge in [0.05, 0.1) is 18.3 Å². The minimum atomic E-state index is 0.496. The molecule has 0 fully saturated rings. The van der Waals surface area contributed by atoms with E-state index >= 15 is 0 Å². The molecule has 0 saturated heterocycles. The van der Waals surface area contributed by atoms with Gasteiger partial charge in [0.15, 0.2) is 12.3 Å². The molecular weight excluding hydrogens is 673 g/mol. The Morgan fingerprint density at radius 2 is 1.41 bits per heavy atom. The molecule has 0 atom stereocenters. The summed E-state index contributed by atoms with van der Waals surface area (Å²) in [7, 11) is 0. The van der Waals surface area contributed by atoms with Gasteiger partial charge in [-0.25, -0.2) is 0 Å². The van der Waals surface area contributed by atoms with Crippen LogP contribution in [0.3, 0.4) is 0 Å². The fourth-order valence-corrected chi connectivity index (χ4v) is 7.62. The van der Waals surface area contributed by atoms with Gasteiger partial charge in [-0.2, -0.15) is 4.57 Å². The van der Waals surface area contributed by atoms with Gasteiger partial charge in [-0.15, -0.1) is 22.7 Å². The predicted molar refractivity (Wildman–Crippen MR) is 208 cm³/mol. The number of ether oxygens (including phenoxy) is 3. The minimum absolute atomic E-state index is 0.496. The van der Waals surface area contributed by atoms with Crippen LogP contribution >= 0.6 is 22.7 Å². The molecule has 1 aliphatic rings. The maximum atomic E-state index is 6.56. The van der Waals surface area contributed by atoms with Crippen molar-refractivity contribution in [3.8, 4) is 38.1 Å². The third-order valence-electron chi connectivity index (χ3n) is 8.75. The first-order chi connectivity index (χ1) is 25.2. The average Bonchev–Trinajstić information content (AvgIpc) is 4.00. The molecule has 254 valence electrons. The largest absolute Gasteiger partial charge is 0.492 e. The van der Waals surface area contributed by atoms with Crippen molar-refractivity contribution in [2.75, 3.05) is 24.7 Å². The summed E-state index contributed by atoms with van der Waals surface area (Å²) in [5, 5.41) is 4.21. The number of para-hydroxylation sites is 2. The Bertz CT molecular complexity index is 2280. The molecule has 8 rings (SSSR count). The number of hydrogen-bond acceptors (Lipinski definition) is 7. The lowest BCUT2D eigenvalue weighted by Gasteiger charge is -2.19. The van der Waals surface area contributed by atoms with Gasteiger partial charge >= 0.3 is 5.89 Å². The van der Waals surface area contributed by atoms with Gasteiger partial charge in [-0.1, -0.05) is 55.5 Å². The highest BCUT2D eigenvalue weighted by molar-refractivity contribution is 7.13. The fourth-order valence-electron chi connectivity index (χ4n) is 6.18. The first kappa shape index (κ1) is 32.6. The monoisotopic (exact) mass is 709 g/mol. The summed E-state index contributed by atoms with van der Waals surface area (Å²) in [6, 6.07) is 41.1. The van der Waals surface area contributed by atoms with Crippen LogP contribution in [0.1, 0.15) is 19.2 Å². The van der Waals surface area contributed by atoms with Crippen molar-refractivity contribution in [2.24, 2.45) is 0 Å². The van der Waals surface area contributed by atoms with E-state index in [4.69, 9.17) is 18.6 Å². The first-order valence-corrected chi connectivity index (χ1v) is 18.9. The fraction of sp³-hybridized carbons (Fsp3) is 0.140. The zero-order valence-corrected chi connectivity index (χ0v) is 29.9. The standard InChI is InChI=1S/C43H37N2O4S2/c1-2-31(27-42-44(21-23-46-34-11-5-3-6-12-34)36-29-32(17-19-38(36)48-42)40-15-9-25-50-40)28-43-45(22-24-47-35-13-7-4-8-14-35)37-30-33(18-20-39(37)49-43)41-16-10-26-51-41/h3-20,25-30H,2,21-24H2,1H3/q+1. The number of nitrogens with zero attached hydrogens (tertiary/aromatic N) is 2. The molecule has 1 aliphatic heterocycles. The van der Waals surface area contributed by atoms with Gasteiger partial charge in [0.25, 0.3) is 5.52 Å². The number of fused-ring (bicyclic) bond motifs is 2. The summed E-state index contributed by atoms with van der Waals surface area (Å²) in [5.74, 6) is 4.03. The molecule has 0 bridgehead atoms. The van der Waals surface area contributed by atoms with Crippen molar-refractivity contribution < 1.29 is 23.2 Å². The molecule has 0 N–H and O–H groups in total. The maximum absolute atomic E-state index is 6.56. The van der Waals surface area contributed by atoms with Crippen molar-refractivity contribution >= 4 is 45.5 Å². The van der Waals surface area contributed by atoms with Crippen molar-refractivity contribution in [3.63, 3.8) is 0 Å². The Labute approximate surface area is 305 Å². The Kier molecular flexibility index (Phi) is 9.68. The zero-order chi connectivity index (χ0) is 34.4. The van der Waals surface area contributed by atoms with Crippen LogP contribution < -0.4 is 23.7 Å². The van der Waals surface area contributed by atoms with Crippen LogP contribution in [0.25, 0.3) is 38.1 Å². The zero-order valence-electron chi connectivity index (χ0n) is 28.2. The number of oxazole rings is 1. The van der Waals surface area contributed by atoms with Gasteiger partial charge in [0.1, 0.15) is 24.7 Å². The SMILES string of the molecule is CCC(=Cc1oc2ccc(-c3cccs3)cc2[n+]1CCOc1ccccc1)C=C1Oc2ccc(-c3cccs3)cc2N1CCOc1ccccc1. The van der Waals surface area contributed by atoms with Gasteiger partial charge in [0, 0.05) is 21.9 Å². The van der Waals surface area contributed by atoms with Crippen molar-refractivity contribution in [1.29, 1.82) is 0 Å². The van der Waals surface area contributed by atoms with Crippen LogP contribution in [-0.2, 0) is 6.54 Å². The van der Waals surface area contributed by atoms with Crippen LogP contribution in [0.15, 0.2) is 154 Å². The quantitative estimate of drug-likeness (QED) is 0.112. The van der Waals surface area contributed by atoms with Crippen LogP contribution in [0.4, 0.5) is 5.69 Å². The normalized spacial score (nSPS) is 13.5. The van der Waals surface area contributed by atoms with Gasteiger partial charge in [0.2, 0.25) is 11.5 Å². The van der Waals surface area contributed by atoms with E-state index in [1.54, 1.807) is 22.7 Å². The second kappa shape index (κ2) is 15.1. The van der Waals surface area contributed by atoms with E-state index < -0.39 is 0 Å². The summed E-state index contributed by atoms with van der Waals surface area (Å²) < 4.78 is 27.6. The molecule has 51 heavy (non-hydrogen) atoms. The number of allylic oxidation sites excluding steroid dienone is 2. The number of benzene rings is 4. The lowest BCUT2D eigenvalue weighted by Crippen LogP contribution is -2.38. The molecule has 6 nitrogen and oxygen atoms in total. The van der Waals surface area contributed by atoms with E-state index in [1.807, 2.05) is 60.7 Å². The number of aromatic nitrogens is 1. The van der Waals surface area contributed by atoms with Crippen LogP contribution in [0.5, 0.6) is 17.2 Å². The van der Waals surface area contributed by atoms with Crippen LogP contribution in [0, 0.1) is 0 Å². The summed E-state index contributed by atoms with van der Waals surface area (Å²) in [6.07, 6.45) is 5.03. The maximum Gasteiger partial charge on any atom is 0.374 e. The van der Waals surface area contributed by atoms with Gasteiger partial charge < -0.3 is 23.5 Å². The van der Waals surface area contributed by atoms with Crippen molar-refractivity contribution in [3.05, 3.63) is 156 Å². The molecule has 7 aromatic rings. The van der Waals surface area contributed by atoms with Crippen LogP contribution in [-0.4, -0.2) is 19.8 Å². The number of anilines is 1. The molecule has 4 heterocycles. The van der Waals surface area contributed by atoms with Gasteiger partial charge in [-0.3, -0.25) is 0 Å². The molecule has 0 aliphatic carbocycles. The average molecular weight is 710 g/mol. The van der Waals surface area contributed by atoms with Crippen molar-refractivity contribution in [2.45, 2.75) is 19.9 Å². The lowest BCUT2D eigenvalue weighted by atomic mass is 10.1. The molecule has 3 aromatic heterocycles. The Hall–Kier alpha value is -5.57. The third-order valence-corrected chi connectivity index (χ3v) is 10.6. The molecular formula is C43H37N2O4S2+. The second-order valence-electron chi connectivity index (χ2n) is 12.0. The molecule has 8 heteroatoms. The summed E-state index contributed by atoms with van der Waals surface area (Å²) in [5.41, 5.74) is 6.28. The number of thiophene rings is 2.